The van der Waals surface area contributed by atoms with Gasteiger partial charge in [0.05, 0.1) is 0 Å². The molecule has 2 rings (SSSR count). The number of aromatic nitrogens is 3. The van der Waals surface area contributed by atoms with E-state index in [1.54, 1.807) is 6.92 Å². The first kappa shape index (κ1) is 11.3. The number of anilines is 1. The minimum Gasteiger partial charge on any atom is -0.293 e. The van der Waals surface area contributed by atoms with E-state index in [-0.39, 0.29) is 5.91 Å². The van der Waals surface area contributed by atoms with Crippen LogP contribution in [-0.2, 0) is 11.2 Å². The van der Waals surface area contributed by atoms with E-state index in [0.29, 0.717) is 18.2 Å². The summed E-state index contributed by atoms with van der Waals surface area (Å²) in [6.07, 6.45) is 1.15. The topological polar surface area (TPSA) is 70.7 Å². The molecule has 5 nitrogen and oxygen atoms in total. The van der Waals surface area contributed by atoms with Gasteiger partial charge < -0.3 is 0 Å². The number of hydrogen-bond donors (Lipinski definition) is 2. The Bertz CT molecular complexity index is 492. The van der Waals surface area contributed by atoms with Crippen LogP contribution in [0.3, 0.4) is 0 Å². The summed E-state index contributed by atoms with van der Waals surface area (Å²) in [5, 5.41) is 9.16. The zero-order valence-electron chi connectivity index (χ0n) is 9.60. The van der Waals surface area contributed by atoms with Crippen LogP contribution in [0.1, 0.15) is 17.8 Å². The van der Waals surface area contributed by atoms with Gasteiger partial charge in [-0.2, -0.15) is 4.98 Å². The third-order valence-electron chi connectivity index (χ3n) is 2.33. The largest absolute Gasteiger partial charge is 0.293 e. The molecule has 0 saturated carbocycles. The highest BCUT2D eigenvalue weighted by molar-refractivity contribution is 5.88. The number of benzene rings is 1. The summed E-state index contributed by atoms with van der Waals surface area (Å²) in [4.78, 5) is 15.6. The lowest BCUT2D eigenvalue weighted by molar-refractivity contribution is -0.116. The molecule has 0 radical (unpaired) electrons. The molecule has 1 amide bonds. The van der Waals surface area contributed by atoms with Crippen molar-refractivity contribution in [2.24, 2.45) is 0 Å². The molecule has 0 bridgehead atoms. The Balaban J connectivity index is 1.82. The van der Waals surface area contributed by atoms with Crippen molar-refractivity contribution in [3.8, 4) is 0 Å². The Morgan fingerprint density at radius 1 is 1.35 bits per heavy atom. The summed E-state index contributed by atoms with van der Waals surface area (Å²) >= 11 is 0. The standard InChI is InChI=1S/C12H14N4O/c1-9-13-12(16-15-9)14-11(17)8-7-10-5-3-2-4-6-10/h2-6H,7-8H2,1H3,(H2,13,14,15,16,17). The molecule has 0 aliphatic rings. The van der Waals surface area contributed by atoms with Crippen LogP contribution in [0.5, 0.6) is 0 Å². The fraction of sp³-hybridized carbons (Fsp3) is 0.250. The van der Waals surface area contributed by atoms with Crippen molar-refractivity contribution in [3.63, 3.8) is 0 Å². The van der Waals surface area contributed by atoms with Gasteiger partial charge in [0, 0.05) is 6.42 Å². The van der Waals surface area contributed by atoms with E-state index in [1.807, 2.05) is 30.3 Å². The Morgan fingerprint density at radius 2 is 2.12 bits per heavy atom. The monoisotopic (exact) mass is 230 g/mol. The average Bonchev–Trinajstić information content (AvgIpc) is 2.73. The summed E-state index contributed by atoms with van der Waals surface area (Å²) in [7, 11) is 0. The summed E-state index contributed by atoms with van der Waals surface area (Å²) in [5.74, 6) is 0.941. The predicted octanol–water partition coefficient (Wildman–Crippen LogP) is 1.68. The second-order valence-corrected chi connectivity index (χ2v) is 3.78. The first-order valence-electron chi connectivity index (χ1n) is 5.47. The number of hydrogen-bond acceptors (Lipinski definition) is 3. The molecule has 1 aromatic carbocycles. The van der Waals surface area contributed by atoms with Crippen LogP contribution in [-0.4, -0.2) is 21.1 Å². The number of H-pyrrole nitrogens is 1. The Hall–Kier alpha value is -2.17. The van der Waals surface area contributed by atoms with Crippen LogP contribution in [0.4, 0.5) is 5.95 Å². The van der Waals surface area contributed by atoms with Crippen molar-refractivity contribution >= 4 is 11.9 Å². The van der Waals surface area contributed by atoms with Crippen LogP contribution in [0.15, 0.2) is 30.3 Å². The van der Waals surface area contributed by atoms with Gasteiger partial charge in [-0.05, 0) is 18.9 Å². The van der Waals surface area contributed by atoms with Gasteiger partial charge in [-0.3, -0.25) is 15.2 Å². The number of nitrogens with one attached hydrogen (secondary N) is 2. The lowest BCUT2D eigenvalue weighted by Gasteiger charge is -2.01. The van der Waals surface area contributed by atoms with Crippen molar-refractivity contribution in [1.82, 2.24) is 15.2 Å². The van der Waals surface area contributed by atoms with E-state index < -0.39 is 0 Å². The molecule has 0 unspecified atom stereocenters. The zero-order chi connectivity index (χ0) is 12.1. The molecule has 0 aliphatic heterocycles. The SMILES string of the molecule is Cc1nc(NC(=O)CCc2ccccc2)n[nH]1. The number of carbonyl (C=O) groups is 1. The number of aromatic amines is 1. The minimum absolute atomic E-state index is 0.0761. The molecular weight excluding hydrogens is 216 g/mol. The molecule has 2 aromatic rings. The Morgan fingerprint density at radius 3 is 2.76 bits per heavy atom. The van der Waals surface area contributed by atoms with Crippen LogP contribution < -0.4 is 5.32 Å². The molecule has 2 N–H and O–H groups in total. The molecule has 0 fully saturated rings. The van der Waals surface area contributed by atoms with Crippen molar-refractivity contribution in [1.29, 1.82) is 0 Å². The van der Waals surface area contributed by atoms with Crippen LogP contribution >= 0.6 is 0 Å². The summed E-state index contributed by atoms with van der Waals surface area (Å²) in [5.41, 5.74) is 1.15. The Labute approximate surface area is 99.3 Å². The van der Waals surface area contributed by atoms with Crippen LogP contribution in [0.25, 0.3) is 0 Å². The summed E-state index contributed by atoms with van der Waals surface area (Å²) in [6.45, 7) is 1.78. The zero-order valence-corrected chi connectivity index (χ0v) is 9.60. The minimum atomic E-state index is -0.0761. The maximum absolute atomic E-state index is 11.6. The first-order valence-corrected chi connectivity index (χ1v) is 5.47. The summed E-state index contributed by atoms with van der Waals surface area (Å²) < 4.78 is 0. The molecule has 0 aliphatic carbocycles. The van der Waals surface area contributed by atoms with Crippen molar-refractivity contribution < 1.29 is 4.79 Å². The second kappa shape index (κ2) is 5.25. The fourth-order valence-electron chi connectivity index (χ4n) is 1.49. The molecular formula is C12H14N4O. The van der Waals surface area contributed by atoms with E-state index in [1.165, 1.54) is 0 Å². The predicted molar refractivity (Wildman–Crippen MR) is 64.5 cm³/mol. The normalized spacial score (nSPS) is 10.2. The van der Waals surface area contributed by atoms with Gasteiger partial charge in [0.1, 0.15) is 5.82 Å². The lowest BCUT2D eigenvalue weighted by atomic mass is 10.1. The maximum atomic E-state index is 11.6. The third-order valence-corrected chi connectivity index (χ3v) is 2.33. The highest BCUT2D eigenvalue weighted by Gasteiger charge is 2.05. The highest BCUT2D eigenvalue weighted by Crippen LogP contribution is 2.04. The molecule has 1 aromatic heterocycles. The van der Waals surface area contributed by atoms with E-state index in [4.69, 9.17) is 0 Å². The van der Waals surface area contributed by atoms with Gasteiger partial charge in [0.2, 0.25) is 11.9 Å². The number of rotatable bonds is 4. The van der Waals surface area contributed by atoms with E-state index in [0.717, 1.165) is 12.0 Å². The molecule has 88 valence electrons. The molecule has 0 atom stereocenters. The van der Waals surface area contributed by atoms with Gasteiger partial charge >= 0.3 is 0 Å². The number of nitrogens with zero attached hydrogens (tertiary/aromatic N) is 2. The average molecular weight is 230 g/mol. The Kier molecular flexibility index (Phi) is 3.49. The van der Waals surface area contributed by atoms with E-state index in [2.05, 4.69) is 20.5 Å². The van der Waals surface area contributed by atoms with E-state index in [9.17, 15) is 4.79 Å². The fourth-order valence-corrected chi connectivity index (χ4v) is 1.49. The van der Waals surface area contributed by atoms with Crippen molar-refractivity contribution in [2.45, 2.75) is 19.8 Å². The second-order valence-electron chi connectivity index (χ2n) is 3.78. The van der Waals surface area contributed by atoms with E-state index >= 15 is 0 Å². The van der Waals surface area contributed by atoms with Gasteiger partial charge in [-0.25, -0.2) is 0 Å². The maximum Gasteiger partial charge on any atom is 0.248 e. The van der Waals surface area contributed by atoms with Gasteiger partial charge in [0.25, 0.3) is 0 Å². The van der Waals surface area contributed by atoms with Crippen molar-refractivity contribution in [3.05, 3.63) is 41.7 Å². The van der Waals surface area contributed by atoms with Gasteiger partial charge in [-0.15, -0.1) is 5.10 Å². The summed E-state index contributed by atoms with van der Waals surface area (Å²) in [6, 6.07) is 9.90. The lowest BCUT2D eigenvalue weighted by Crippen LogP contribution is -2.13. The van der Waals surface area contributed by atoms with Gasteiger partial charge in [-0.1, -0.05) is 30.3 Å². The van der Waals surface area contributed by atoms with Crippen LogP contribution in [0.2, 0.25) is 0 Å². The molecule has 1 heterocycles. The molecule has 5 heteroatoms. The number of amides is 1. The first-order chi connectivity index (χ1) is 8.24. The number of aryl methyl sites for hydroxylation is 2. The van der Waals surface area contributed by atoms with Crippen molar-refractivity contribution in [2.75, 3.05) is 5.32 Å². The highest BCUT2D eigenvalue weighted by atomic mass is 16.1. The van der Waals surface area contributed by atoms with Gasteiger partial charge in [0.15, 0.2) is 0 Å². The third kappa shape index (κ3) is 3.41. The molecule has 17 heavy (non-hydrogen) atoms. The molecule has 0 saturated heterocycles. The molecule has 0 spiro atoms. The smallest absolute Gasteiger partial charge is 0.248 e. The number of carbonyl (C=O) groups excluding carboxylic acids is 1. The van der Waals surface area contributed by atoms with Crippen LogP contribution in [0, 0.1) is 6.92 Å². The quantitative estimate of drug-likeness (QED) is 0.839.